The lowest BCUT2D eigenvalue weighted by Gasteiger charge is -2.15. The lowest BCUT2D eigenvalue weighted by molar-refractivity contribution is 0.457. The van der Waals surface area contributed by atoms with Crippen molar-refractivity contribution in [1.29, 1.82) is 0 Å². The minimum atomic E-state index is -0.425. The van der Waals surface area contributed by atoms with E-state index >= 15 is 0 Å². The topological polar surface area (TPSA) is 12.0 Å². The van der Waals surface area contributed by atoms with Crippen LogP contribution in [-0.2, 0) is 6.42 Å². The second kappa shape index (κ2) is 4.91. The Hall–Kier alpha value is -0.960. The first-order valence-electron chi connectivity index (χ1n) is 5.82. The van der Waals surface area contributed by atoms with E-state index in [9.17, 15) is 8.78 Å². The molecule has 1 aromatic rings. The van der Waals surface area contributed by atoms with Crippen LogP contribution in [0.1, 0.15) is 24.8 Å². The number of hydrogen-bond donors (Lipinski definition) is 1. The Labute approximate surface area is 94.9 Å². The molecule has 1 unspecified atom stereocenters. The lowest BCUT2D eigenvalue weighted by atomic mass is 10.0. The monoisotopic (exact) mass is 225 g/mol. The normalized spacial score (nSPS) is 17.4. The highest BCUT2D eigenvalue weighted by Gasteiger charge is 2.29. The third-order valence-electron chi connectivity index (χ3n) is 3.33. The molecule has 1 fully saturated rings. The largest absolute Gasteiger partial charge is 0.317 e. The van der Waals surface area contributed by atoms with E-state index in [1.54, 1.807) is 0 Å². The summed E-state index contributed by atoms with van der Waals surface area (Å²) < 4.78 is 26.7. The second-order valence-electron chi connectivity index (χ2n) is 4.47. The molecule has 0 bridgehead atoms. The van der Waals surface area contributed by atoms with Crippen molar-refractivity contribution < 1.29 is 8.78 Å². The van der Waals surface area contributed by atoms with Gasteiger partial charge in [-0.15, -0.1) is 0 Å². The highest BCUT2D eigenvalue weighted by atomic mass is 19.1. The molecule has 88 valence electrons. The van der Waals surface area contributed by atoms with E-state index in [1.807, 2.05) is 7.05 Å². The summed E-state index contributed by atoms with van der Waals surface area (Å²) in [5.74, 6) is -0.142. The van der Waals surface area contributed by atoms with E-state index in [0.717, 1.165) is 6.42 Å². The fourth-order valence-electron chi connectivity index (χ4n) is 2.19. The number of benzene rings is 1. The van der Waals surface area contributed by atoms with Crippen molar-refractivity contribution >= 4 is 0 Å². The molecule has 3 heteroatoms. The first-order chi connectivity index (χ1) is 7.72. The highest BCUT2D eigenvalue weighted by Crippen LogP contribution is 2.34. The zero-order chi connectivity index (χ0) is 11.5. The van der Waals surface area contributed by atoms with Crippen LogP contribution >= 0.6 is 0 Å². The van der Waals surface area contributed by atoms with Crippen LogP contribution in [0, 0.1) is 17.6 Å². The molecule has 0 spiro atoms. The zero-order valence-corrected chi connectivity index (χ0v) is 9.47. The van der Waals surface area contributed by atoms with Gasteiger partial charge in [0, 0.05) is 11.6 Å². The molecule has 1 aliphatic carbocycles. The summed E-state index contributed by atoms with van der Waals surface area (Å²) in [5, 5.41) is 3.23. The van der Waals surface area contributed by atoms with Gasteiger partial charge in [0.15, 0.2) is 0 Å². The van der Waals surface area contributed by atoms with Crippen LogP contribution < -0.4 is 5.32 Å². The Balaban J connectivity index is 1.98. The molecule has 1 saturated carbocycles. The smallest absolute Gasteiger partial charge is 0.129 e. The summed E-state index contributed by atoms with van der Waals surface area (Å²) in [5.41, 5.74) is 0.225. The Morgan fingerprint density at radius 2 is 1.94 bits per heavy atom. The van der Waals surface area contributed by atoms with Crippen molar-refractivity contribution in [1.82, 2.24) is 5.32 Å². The highest BCUT2D eigenvalue weighted by molar-refractivity contribution is 5.20. The molecule has 0 saturated heterocycles. The third-order valence-corrected chi connectivity index (χ3v) is 3.33. The average Bonchev–Trinajstić information content (AvgIpc) is 3.07. The summed E-state index contributed by atoms with van der Waals surface area (Å²) in [6.45, 7) is 0. The Kier molecular flexibility index (Phi) is 3.54. The molecule has 0 aliphatic heterocycles. The zero-order valence-electron chi connectivity index (χ0n) is 9.47. The molecule has 1 atom stereocenters. The average molecular weight is 225 g/mol. The van der Waals surface area contributed by atoms with Crippen molar-refractivity contribution in [3.05, 3.63) is 35.4 Å². The Morgan fingerprint density at radius 1 is 1.31 bits per heavy atom. The first-order valence-corrected chi connectivity index (χ1v) is 5.82. The van der Waals surface area contributed by atoms with Crippen LogP contribution in [0.4, 0.5) is 8.78 Å². The summed E-state index contributed by atoms with van der Waals surface area (Å²) in [7, 11) is 1.92. The fraction of sp³-hybridized carbons (Fsp3) is 0.538. The van der Waals surface area contributed by atoms with Crippen molar-refractivity contribution in [2.45, 2.75) is 31.7 Å². The molecule has 1 nitrogen and oxygen atoms in total. The van der Waals surface area contributed by atoms with Crippen LogP contribution in [0.2, 0.25) is 0 Å². The van der Waals surface area contributed by atoms with E-state index in [-0.39, 0.29) is 5.56 Å². The van der Waals surface area contributed by atoms with Crippen LogP contribution in [0.3, 0.4) is 0 Å². The van der Waals surface area contributed by atoms with Gasteiger partial charge in [0.25, 0.3) is 0 Å². The van der Waals surface area contributed by atoms with Gasteiger partial charge in [0.05, 0.1) is 0 Å². The minimum absolute atomic E-state index is 0.225. The van der Waals surface area contributed by atoms with Gasteiger partial charge in [-0.05, 0) is 50.8 Å². The van der Waals surface area contributed by atoms with Crippen LogP contribution in [0.5, 0.6) is 0 Å². The van der Waals surface area contributed by atoms with Crippen molar-refractivity contribution in [2.24, 2.45) is 5.92 Å². The van der Waals surface area contributed by atoms with Crippen LogP contribution in [0.15, 0.2) is 18.2 Å². The van der Waals surface area contributed by atoms with E-state index in [4.69, 9.17) is 0 Å². The van der Waals surface area contributed by atoms with E-state index in [1.165, 1.54) is 31.0 Å². The fourth-order valence-corrected chi connectivity index (χ4v) is 2.19. The maximum absolute atomic E-state index is 13.4. The molecule has 2 rings (SSSR count). The predicted molar refractivity (Wildman–Crippen MR) is 60.3 cm³/mol. The number of halogens is 2. The Morgan fingerprint density at radius 3 is 2.44 bits per heavy atom. The molecular formula is C13H17F2N. The number of rotatable bonds is 5. The number of hydrogen-bond acceptors (Lipinski definition) is 1. The summed E-state index contributed by atoms with van der Waals surface area (Å²) in [6.07, 6.45) is 3.76. The first kappa shape index (κ1) is 11.5. The van der Waals surface area contributed by atoms with Gasteiger partial charge in [-0.2, -0.15) is 0 Å². The summed E-state index contributed by atoms with van der Waals surface area (Å²) in [6, 6.07) is 4.46. The van der Waals surface area contributed by atoms with Gasteiger partial charge >= 0.3 is 0 Å². The maximum atomic E-state index is 13.4. The standard InChI is InChI=1S/C13H17F2N/c1-16-13(9-5-6-9)8-7-10-11(14)3-2-4-12(10)15/h2-4,9,13,16H,5-8H2,1H3. The van der Waals surface area contributed by atoms with Gasteiger partial charge in [-0.25, -0.2) is 8.78 Å². The molecule has 0 aromatic heterocycles. The Bertz CT molecular complexity index is 341. The molecule has 0 amide bonds. The van der Waals surface area contributed by atoms with Gasteiger partial charge in [-0.1, -0.05) is 6.07 Å². The summed E-state index contributed by atoms with van der Waals surface area (Å²) in [4.78, 5) is 0. The molecule has 1 aromatic carbocycles. The van der Waals surface area contributed by atoms with Gasteiger partial charge < -0.3 is 5.32 Å². The lowest BCUT2D eigenvalue weighted by Crippen LogP contribution is -2.28. The van der Waals surface area contributed by atoms with Gasteiger partial charge in [-0.3, -0.25) is 0 Å². The SMILES string of the molecule is CNC(CCc1c(F)cccc1F)C1CC1. The van der Waals surface area contributed by atoms with Gasteiger partial charge in [0.2, 0.25) is 0 Å². The molecule has 16 heavy (non-hydrogen) atoms. The van der Waals surface area contributed by atoms with E-state index in [2.05, 4.69) is 5.32 Å². The molecule has 1 N–H and O–H groups in total. The predicted octanol–water partition coefficient (Wildman–Crippen LogP) is 2.90. The molecule has 0 radical (unpaired) electrons. The summed E-state index contributed by atoms with van der Waals surface area (Å²) >= 11 is 0. The quantitative estimate of drug-likeness (QED) is 0.812. The number of nitrogens with one attached hydrogen (secondary N) is 1. The minimum Gasteiger partial charge on any atom is -0.317 e. The third kappa shape index (κ3) is 2.59. The van der Waals surface area contributed by atoms with Crippen molar-refractivity contribution in [2.75, 3.05) is 7.05 Å². The molecular weight excluding hydrogens is 208 g/mol. The van der Waals surface area contributed by atoms with Crippen molar-refractivity contribution in [3.8, 4) is 0 Å². The molecule has 1 aliphatic rings. The van der Waals surface area contributed by atoms with Crippen LogP contribution in [-0.4, -0.2) is 13.1 Å². The molecule has 0 heterocycles. The van der Waals surface area contributed by atoms with E-state index < -0.39 is 11.6 Å². The van der Waals surface area contributed by atoms with E-state index in [0.29, 0.717) is 18.4 Å². The van der Waals surface area contributed by atoms with Gasteiger partial charge in [0.1, 0.15) is 11.6 Å². The maximum Gasteiger partial charge on any atom is 0.129 e. The van der Waals surface area contributed by atoms with Crippen molar-refractivity contribution in [3.63, 3.8) is 0 Å². The van der Waals surface area contributed by atoms with Crippen LogP contribution in [0.25, 0.3) is 0 Å². The second-order valence-corrected chi connectivity index (χ2v) is 4.47.